The molecule has 1 aromatic rings. The van der Waals surface area contributed by atoms with Gasteiger partial charge < -0.3 is 4.55 Å². The van der Waals surface area contributed by atoms with E-state index in [0.717, 1.165) is 11.1 Å². The second-order valence-electron chi connectivity index (χ2n) is 6.74. The molecule has 1 rings (SSSR count). The molecule has 0 spiro atoms. The molecule has 0 amide bonds. The van der Waals surface area contributed by atoms with Crippen molar-refractivity contribution < 1.29 is 13.0 Å². The summed E-state index contributed by atoms with van der Waals surface area (Å²) in [7, 11) is -4.49. The van der Waals surface area contributed by atoms with Crippen LogP contribution in [0, 0.1) is 13.8 Å². The Morgan fingerprint density at radius 1 is 0.714 bits per heavy atom. The van der Waals surface area contributed by atoms with Gasteiger partial charge in [-0.1, -0.05) is 41.5 Å². The van der Waals surface area contributed by atoms with Crippen LogP contribution < -0.4 is 0 Å². The second kappa shape index (κ2) is 6.09. The van der Waals surface area contributed by atoms with E-state index >= 15 is 0 Å². The molecule has 0 saturated carbocycles. The smallest absolute Gasteiger partial charge is 0.125 e. The molecule has 0 N–H and O–H groups in total. The molecular formula is C17H27O3S-. The Bertz CT molecular complexity index is 603. The third-order valence-corrected chi connectivity index (χ3v) is 5.03. The van der Waals surface area contributed by atoms with Gasteiger partial charge in [0, 0.05) is 0 Å². The van der Waals surface area contributed by atoms with Gasteiger partial charge in [-0.2, -0.15) is 0 Å². The molecule has 0 fully saturated rings. The molecule has 21 heavy (non-hydrogen) atoms. The fourth-order valence-electron chi connectivity index (χ4n) is 3.58. The highest BCUT2D eigenvalue weighted by atomic mass is 32.2. The third-order valence-electron chi connectivity index (χ3n) is 4.09. The minimum absolute atomic E-state index is 0.000625. The molecular weight excluding hydrogens is 284 g/mol. The van der Waals surface area contributed by atoms with Gasteiger partial charge >= 0.3 is 0 Å². The predicted octanol–water partition coefficient (Wildman–Crippen LogP) is 4.58. The largest absolute Gasteiger partial charge is 0.744 e. The molecule has 0 aliphatic rings. The zero-order valence-corrected chi connectivity index (χ0v) is 15.2. The highest BCUT2D eigenvalue weighted by Crippen LogP contribution is 2.40. The summed E-state index contributed by atoms with van der Waals surface area (Å²) in [5.41, 5.74) is 4.48. The second-order valence-corrected chi connectivity index (χ2v) is 8.05. The SMILES string of the molecule is Cc1c(C(C)C)c(C)c(C(C)C)c(S(=O)(=O)[O-])c1C(C)C. The van der Waals surface area contributed by atoms with Crippen molar-refractivity contribution in [2.24, 2.45) is 0 Å². The molecule has 0 aliphatic heterocycles. The predicted molar refractivity (Wildman–Crippen MR) is 86.1 cm³/mol. The van der Waals surface area contributed by atoms with E-state index in [4.69, 9.17) is 0 Å². The van der Waals surface area contributed by atoms with Crippen molar-refractivity contribution in [2.75, 3.05) is 0 Å². The Morgan fingerprint density at radius 2 is 1.00 bits per heavy atom. The van der Waals surface area contributed by atoms with E-state index in [9.17, 15) is 13.0 Å². The lowest BCUT2D eigenvalue weighted by atomic mass is 9.81. The van der Waals surface area contributed by atoms with Gasteiger partial charge in [-0.05, 0) is 59.4 Å². The monoisotopic (exact) mass is 311 g/mol. The van der Waals surface area contributed by atoms with Crippen LogP contribution in [0.4, 0.5) is 0 Å². The normalized spacial score (nSPS) is 12.8. The van der Waals surface area contributed by atoms with Gasteiger partial charge in [0.25, 0.3) is 0 Å². The maximum Gasteiger partial charge on any atom is 0.125 e. The minimum Gasteiger partial charge on any atom is -0.744 e. The fraction of sp³-hybridized carbons (Fsp3) is 0.647. The molecule has 0 atom stereocenters. The summed E-state index contributed by atoms with van der Waals surface area (Å²) >= 11 is 0. The maximum atomic E-state index is 11.9. The lowest BCUT2D eigenvalue weighted by molar-refractivity contribution is 0.459. The molecule has 4 heteroatoms. The van der Waals surface area contributed by atoms with E-state index in [0.29, 0.717) is 17.0 Å². The van der Waals surface area contributed by atoms with Gasteiger partial charge in [-0.15, -0.1) is 0 Å². The summed E-state index contributed by atoms with van der Waals surface area (Å²) in [6.45, 7) is 15.9. The zero-order valence-electron chi connectivity index (χ0n) is 14.4. The van der Waals surface area contributed by atoms with Crippen molar-refractivity contribution in [3.8, 4) is 0 Å². The van der Waals surface area contributed by atoms with Crippen molar-refractivity contribution in [2.45, 2.75) is 78.0 Å². The third kappa shape index (κ3) is 3.32. The van der Waals surface area contributed by atoms with Gasteiger partial charge in [0.15, 0.2) is 0 Å². The van der Waals surface area contributed by atoms with E-state index in [1.54, 1.807) is 0 Å². The molecule has 0 saturated heterocycles. The van der Waals surface area contributed by atoms with Crippen LogP contribution >= 0.6 is 0 Å². The minimum atomic E-state index is -4.49. The quantitative estimate of drug-likeness (QED) is 0.765. The number of hydrogen-bond acceptors (Lipinski definition) is 3. The first kappa shape index (κ1) is 18.2. The Labute approximate surface area is 129 Å². The van der Waals surface area contributed by atoms with Crippen LogP contribution in [0.3, 0.4) is 0 Å². The zero-order chi connectivity index (χ0) is 16.7. The Kier molecular flexibility index (Phi) is 5.27. The summed E-state index contributed by atoms with van der Waals surface area (Å²) in [5.74, 6) is 0.294. The van der Waals surface area contributed by atoms with Crippen LogP contribution in [0.5, 0.6) is 0 Å². The summed E-state index contributed by atoms with van der Waals surface area (Å²) in [4.78, 5) is 0.0203. The van der Waals surface area contributed by atoms with Gasteiger partial charge in [-0.25, -0.2) is 8.42 Å². The summed E-state index contributed by atoms with van der Waals surface area (Å²) in [6, 6.07) is 0. The lowest BCUT2D eigenvalue weighted by Gasteiger charge is -2.30. The van der Waals surface area contributed by atoms with E-state index in [1.165, 1.54) is 5.56 Å². The summed E-state index contributed by atoms with van der Waals surface area (Å²) < 4.78 is 35.7. The molecule has 0 aromatic heterocycles. The Hall–Kier alpha value is -0.870. The maximum absolute atomic E-state index is 11.9. The Balaban J connectivity index is 4.12. The van der Waals surface area contributed by atoms with Crippen molar-refractivity contribution in [3.63, 3.8) is 0 Å². The topological polar surface area (TPSA) is 57.2 Å². The van der Waals surface area contributed by atoms with Crippen LogP contribution in [0.2, 0.25) is 0 Å². The number of benzene rings is 1. The summed E-state index contributed by atoms with van der Waals surface area (Å²) in [5, 5.41) is 0. The summed E-state index contributed by atoms with van der Waals surface area (Å²) in [6.07, 6.45) is 0. The van der Waals surface area contributed by atoms with Crippen molar-refractivity contribution >= 4 is 10.1 Å². The molecule has 0 unspecified atom stereocenters. The molecule has 3 nitrogen and oxygen atoms in total. The number of hydrogen-bond donors (Lipinski definition) is 0. The fourth-order valence-corrected chi connectivity index (χ4v) is 4.90. The van der Waals surface area contributed by atoms with Gasteiger partial charge in [0.2, 0.25) is 0 Å². The molecule has 0 bridgehead atoms. The molecule has 120 valence electrons. The molecule has 0 radical (unpaired) electrons. The van der Waals surface area contributed by atoms with Crippen LogP contribution in [0.15, 0.2) is 4.90 Å². The van der Waals surface area contributed by atoms with Crippen LogP contribution in [-0.2, 0) is 10.1 Å². The van der Waals surface area contributed by atoms with Crippen LogP contribution in [-0.4, -0.2) is 13.0 Å². The van der Waals surface area contributed by atoms with E-state index in [1.807, 2.05) is 41.5 Å². The van der Waals surface area contributed by atoms with Crippen molar-refractivity contribution in [1.29, 1.82) is 0 Å². The number of rotatable bonds is 4. The van der Waals surface area contributed by atoms with Gasteiger partial charge in [0.05, 0.1) is 4.90 Å². The van der Waals surface area contributed by atoms with Gasteiger partial charge in [0.1, 0.15) is 10.1 Å². The first-order chi connectivity index (χ1) is 9.41. The van der Waals surface area contributed by atoms with Crippen molar-refractivity contribution in [3.05, 3.63) is 27.8 Å². The van der Waals surface area contributed by atoms with E-state index in [2.05, 4.69) is 13.8 Å². The van der Waals surface area contributed by atoms with E-state index in [-0.39, 0.29) is 16.7 Å². The average molecular weight is 311 g/mol. The Morgan fingerprint density at radius 3 is 1.19 bits per heavy atom. The molecule has 0 aliphatic carbocycles. The first-order valence-electron chi connectivity index (χ1n) is 7.53. The van der Waals surface area contributed by atoms with Crippen LogP contribution in [0.25, 0.3) is 0 Å². The van der Waals surface area contributed by atoms with Crippen LogP contribution in [0.1, 0.15) is 87.1 Å². The first-order valence-corrected chi connectivity index (χ1v) is 8.94. The highest BCUT2D eigenvalue weighted by molar-refractivity contribution is 7.85. The van der Waals surface area contributed by atoms with Crippen molar-refractivity contribution in [1.82, 2.24) is 0 Å². The standard InChI is InChI=1S/C17H28O3S/c1-9(2)14-12(7)15(10(3)4)17(21(18,19)20)16(11(5)6)13(14)8/h9-11H,1-8H3,(H,18,19,20)/p-1. The molecule has 1 aromatic carbocycles. The van der Waals surface area contributed by atoms with Gasteiger partial charge in [-0.3, -0.25) is 0 Å². The molecule has 0 heterocycles. The lowest BCUT2D eigenvalue weighted by Crippen LogP contribution is -2.16. The average Bonchev–Trinajstić information content (AvgIpc) is 2.24. The highest BCUT2D eigenvalue weighted by Gasteiger charge is 2.26. The van der Waals surface area contributed by atoms with E-state index < -0.39 is 10.1 Å².